The van der Waals surface area contributed by atoms with Gasteiger partial charge in [-0.15, -0.1) is 0 Å². The van der Waals surface area contributed by atoms with Crippen LogP contribution in [0.4, 0.5) is 5.69 Å². The molecule has 140 valence electrons. The van der Waals surface area contributed by atoms with Crippen LogP contribution in [0.25, 0.3) is 22.3 Å². The van der Waals surface area contributed by atoms with Crippen molar-refractivity contribution >= 4 is 17.4 Å². The van der Waals surface area contributed by atoms with Crippen LogP contribution in [-0.2, 0) is 11.2 Å². The minimum Gasteiger partial charge on any atom is -0.398 e. The molecule has 1 amide bonds. The van der Waals surface area contributed by atoms with Crippen molar-refractivity contribution in [3.8, 4) is 22.3 Å². The van der Waals surface area contributed by atoms with Gasteiger partial charge in [-0.1, -0.05) is 6.92 Å². The van der Waals surface area contributed by atoms with E-state index < -0.39 is 0 Å². The van der Waals surface area contributed by atoms with E-state index in [1.54, 1.807) is 18.6 Å². The number of nitrogen functional groups attached to an aromatic ring is 1. The summed E-state index contributed by atoms with van der Waals surface area (Å²) < 4.78 is 0. The maximum Gasteiger partial charge on any atom is 0.247 e. The van der Waals surface area contributed by atoms with Gasteiger partial charge in [0.2, 0.25) is 5.91 Å². The van der Waals surface area contributed by atoms with E-state index >= 15 is 0 Å². The van der Waals surface area contributed by atoms with Gasteiger partial charge in [-0.05, 0) is 42.7 Å². The average Bonchev–Trinajstić information content (AvgIpc) is 3.15. The van der Waals surface area contributed by atoms with Gasteiger partial charge in [0, 0.05) is 52.2 Å². The molecule has 0 aliphatic carbocycles. The summed E-state index contributed by atoms with van der Waals surface area (Å²) in [6.07, 6.45) is 7.57. The molecule has 0 fully saturated rings. The molecule has 7 nitrogen and oxygen atoms in total. The molecule has 1 aliphatic rings. The number of anilines is 1. The fourth-order valence-corrected chi connectivity index (χ4v) is 3.44. The highest BCUT2D eigenvalue weighted by Gasteiger charge is 2.23. The Morgan fingerprint density at radius 2 is 1.93 bits per heavy atom. The first-order valence-electron chi connectivity index (χ1n) is 9.07. The standard InChI is InChI=1S/C21H20N6O/c1-3-15-6-13(4-5-25-15)17-7-16(21-26-10-18(28)27-21)12(2)19(20(17)22)14-8-23-11-24-9-14/h4-9,11H,3,10,22H2,1-2H3,(H,26,27,28). The van der Waals surface area contributed by atoms with Crippen molar-refractivity contribution in [2.45, 2.75) is 20.3 Å². The van der Waals surface area contributed by atoms with Crippen LogP contribution in [0.2, 0.25) is 0 Å². The molecule has 4 rings (SSSR count). The average molecular weight is 372 g/mol. The lowest BCUT2D eigenvalue weighted by atomic mass is 9.89. The Morgan fingerprint density at radius 3 is 2.61 bits per heavy atom. The van der Waals surface area contributed by atoms with Gasteiger partial charge < -0.3 is 11.1 Å². The predicted octanol–water partition coefficient (Wildman–Crippen LogP) is 2.54. The fraction of sp³-hybridized carbons (Fsp3) is 0.190. The van der Waals surface area contributed by atoms with E-state index in [0.29, 0.717) is 11.5 Å². The third-order valence-electron chi connectivity index (χ3n) is 4.86. The van der Waals surface area contributed by atoms with Crippen LogP contribution in [0.5, 0.6) is 0 Å². The van der Waals surface area contributed by atoms with E-state index in [0.717, 1.165) is 45.5 Å². The topological polar surface area (TPSA) is 106 Å². The van der Waals surface area contributed by atoms with Gasteiger partial charge in [-0.25, -0.2) is 9.97 Å². The molecule has 3 heterocycles. The number of rotatable bonds is 4. The minimum absolute atomic E-state index is 0.116. The first kappa shape index (κ1) is 17.8. The molecule has 0 saturated carbocycles. The number of carbonyl (C=O) groups is 1. The quantitative estimate of drug-likeness (QED) is 0.685. The number of nitrogens with zero attached hydrogens (tertiary/aromatic N) is 4. The molecule has 0 saturated heterocycles. The molecule has 0 spiro atoms. The molecular formula is C21H20N6O. The second kappa shape index (κ2) is 7.19. The number of amidine groups is 1. The highest BCUT2D eigenvalue weighted by molar-refractivity contribution is 6.15. The van der Waals surface area contributed by atoms with Gasteiger partial charge in [0.1, 0.15) is 18.7 Å². The lowest BCUT2D eigenvalue weighted by molar-refractivity contribution is -0.117. The largest absolute Gasteiger partial charge is 0.398 e. The number of nitrogens with one attached hydrogen (secondary N) is 1. The van der Waals surface area contributed by atoms with Crippen LogP contribution in [0, 0.1) is 6.92 Å². The van der Waals surface area contributed by atoms with E-state index in [2.05, 4.69) is 32.2 Å². The van der Waals surface area contributed by atoms with Gasteiger partial charge >= 0.3 is 0 Å². The number of aryl methyl sites for hydroxylation is 1. The van der Waals surface area contributed by atoms with Gasteiger partial charge in [0.05, 0.1) is 0 Å². The van der Waals surface area contributed by atoms with Crippen molar-refractivity contribution in [2.24, 2.45) is 4.99 Å². The summed E-state index contributed by atoms with van der Waals surface area (Å²) in [6.45, 7) is 4.16. The molecule has 0 unspecified atom stereocenters. The normalized spacial score (nSPS) is 13.4. The van der Waals surface area contributed by atoms with Crippen LogP contribution in [-0.4, -0.2) is 33.2 Å². The summed E-state index contributed by atoms with van der Waals surface area (Å²) in [7, 11) is 0. The number of carbonyl (C=O) groups excluding carboxylic acids is 1. The third kappa shape index (κ3) is 3.11. The van der Waals surface area contributed by atoms with Gasteiger partial charge in [0.25, 0.3) is 0 Å². The summed E-state index contributed by atoms with van der Waals surface area (Å²) >= 11 is 0. The highest BCUT2D eigenvalue weighted by Crippen LogP contribution is 2.39. The van der Waals surface area contributed by atoms with Crippen molar-refractivity contribution in [3.05, 3.63) is 59.9 Å². The summed E-state index contributed by atoms with van der Waals surface area (Å²) in [6, 6.07) is 5.95. The number of benzene rings is 1. The van der Waals surface area contributed by atoms with E-state index in [1.807, 2.05) is 25.1 Å². The molecule has 7 heteroatoms. The molecule has 3 aromatic rings. The van der Waals surface area contributed by atoms with E-state index in [9.17, 15) is 4.79 Å². The SMILES string of the molecule is CCc1cc(-c2cc(C3=NCC(=O)N3)c(C)c(-c3cncnc3)c2N)ccn1. The third-order valence-corrected chi connectivity index (χ3v) is 4.86. The zero-order valence-electron chi connectivity index (χ0n) is 15.7. The number of aliphatic imine (C=N–C) groups is 1. The number of pyridine rings is 1. The summed E-state index contributed by atoms with van der Waals surface area (Å²) in [5, 5.41) is 2.84. The highest BCUT2D eigenvalue weighted by atomic mass is 16.2. The number of hydrogen-bond donors (Lipinski definition) is 2. The lowest BCUT2D eigenvalue weighted by Crippen LogP contribution is -2.26. The number of hydrogen-bond acceptors (Lipinski definition) is 6. The second-order valence-electron chi connectivity index (χ2n) is 6.61. The van der Waals surface area contributed by atoms with E-state index in [4.69, 9.17) is 5.73 Å². The molecule has 0 bridgehead atoms. The minimum atomic E-state index is -0.116. The van der Waals surface area contributed by atoms with E-state index in [-0.39, 0.29) is 12.5 Å². The number of nitrogens with two attached hydrogens (primary N) is 1. The summed E-state index contributed by atoms with van der Waals surface area (Å²) in [5.41, 5.74) is 13.5. The Bertz CT molecular complexity index is 1090. The van der Waals surface area contributed by atoms with Crippen LogP contribution in [0.15, 0.2) is 48.1 Å². The number of aromatic nitrogens is 3. The Kier molecular flexibility index (Phi) is 4.57. The molecule has 0 radical (unpaired) electrons. The first-order chi connectivity index (χ1) is 13.6. The molecule has 1 aromatic carbocycles. The molecule has 0 atom stereocenters. The lowest BCUT2D eigenvalue weighted by Gasteiger charge is -2.19. The smallest absolute Gasteiger partial charge is 0.247 e. The summed E-state index contributed by atoms with van der Waals surface area (Å²) in [4.78, 5) is 28.7. The molecule has 2 aromatic heterocycles. The van der Waals surface area contributed by atoms with Crippen molar-refractivity contribution in [1.82, 2.24) is 20.3 Å². The zero-order valence-corrected chi connectivity index (χ0v) is 15.7. The number of amides is 1. The zero-order chi connectivity index (χ0) is 19.7. The molecule has 1 aliphatic heterocycles. The monoisotopic (exact) mass is 372 g/mol. The first-order valence-corrected chi connectivity index (χ1v) is 9.07. The Morgan fingerprint density at radius 1 is 1.14 bits per heavy atom. The predicted molar refractivity (Wildman–Crippen MR) is 109 cm³/mol. The summed E-state index contributed by atoms with van der Waals surface area (Å²) in [5.74, 6) is 0.446. The Hall–Kier alpha value is -3.61. The Balaban J connectivity index is 1.99. The second-order valence-corrected chi connectivity index (χ2v) is 6.61. The molecule has 28 heavy (non-hydrogen) atoms. The van der Waals surface area contributed by atoms with Crippen molar-refractivity contribution in [2.75, 3.05) is 12.3 Å². The molecule has 3 N–H and O–H groups in total. The van der Waals surface area contributed by atoms with Gasteiger partial charge in [0.15, 0.2) is 0 Å². The van der Waals surface area contributed by atoms with Crippen LogP contribution < -0.4 is 11.1 Å². The van der Waals surface area contributed by atoms with Gasteiger partial charge in [-0.2, -0.15) is 0 Å². The fourth-order valence-electron chi connectivity index (χ4n) is 3.44. The maximum absolute atomic E-state index is 11.7. The van der Waals surface area contributed by atoms with Crippen molar-refractivity contribution in [3.63, 3.8) is 0 Å². The Labute approximate surface area is 162 Å². The van der Waals surface area contributed by atoms with E-state index in [1.165, 1.54) is 6.33 Å². The van der Waals surface area contributed by atoms with Gasteiger partial charge in [-0.3, -0.25) is 14.8 Å². The van der Waals surface area contributed by atoms with Crippen LogP contribution in [0.1, 0.15) is 23.7 Å². The van der Waals surface area contributed by atoms with Crippen molar-refractivity contribution < 1.29 is 4.79 Å². The van der Waals surface area contributed by atoms with Crippen molar-refractivity contribution in [1.29, 1.82) is 0 Å². The molecular weight excluding hydrogens is 352 g/mol. The van der Waals surface area contributed by atoms with Crippen LogP contribution in [0.3, 0.4) is 0 Å². The maximum atomic E-state index is 11.7. The van der Waals surface area contributed by atoms with Crippen LogP contribution >= 0.6 is 0 Å².